The second-order valence-corrected chi connectivity index (χ2v) is 5.46. The average molecular weight is 293 g/mol. The van der Waals surface area contributed by atoms with Gasteiger partial charge in [-0.3, -0.25) is 4.79 Å². The molecule has 0 aliphatic rings. The maximum atomic E-state index is 11.5. The first-order valence-corrected chi connectivity index (χ1v) is 7.35. The number of nitrogens with zero attached hydrogens (tertiary/aromatic N) is 3. The molecule has 1 heterocycles. The molecule has 0 bridgehead atoms. The molecule has 3 aromatic rings. The minimum atomic E-state index is 0.0401. The van der Waals surface area contributed by atoms with Gasteiger partial charge in [0.2, 0.25) is 5.91 Å². The van der Waals surface area contributed by atoms with E-state index in [1.807, 2.05) is 36.4 Å². The van der Waals surface area contributed by atoms with Crippen LogP contribution in [0.5, 0.6) is 0 Å². The summed E-state index contributed by atoms with van der Waals surface area (Å²) in [6.07, 6.45) is 0. The van der Waals surface area contributed by atoms with Gasteiger partial charge in [-0.25, -0.2) is 4.98 Å². The van der Waals surface area contributed by atoms with Crippen LogP contribution in [0.25, 0.3) is 11.0 Å². The van der Waals surface area contributed by atoms with Gasteiger partial charge in [-0.2, -0.15) is 0 Å². The second kappa shape index (κ2) is 6.02. The van der Waals surface area contributed by atoms with Crippen molar-refractivity contribution in [2.24, 2.45) is 0 Å². The summed E-state index contributed by atoms with van der Waals surface area (Å²) in [5, 5.41) is 0. The molecule has 0 saturated heterocycles. The smallest absolute Gasteiger partial charge is 0.219 e. The standard InChI is InChI=1S/C18H19N3O/c1-14(22)20(2)13-18-19-16-10-6-7-11-17(16)21(18)12-15-8-4-3-5-9-15/h3-11H,12-13H2,1-2H3. The average Bonchev–Trinajstić information content (AvgIpc) is 2.86. The number of rotatable bonds is 4. The van der Waals surface area contributed by atoms with E-state index in [0.29, 0.717) is 6.54 Å². The van der Waals surface area contributed by atoms with Crippen LogP contribution >= 0.6 is 0 Å². The zero-order valence-corrected chi connectivity index (χ0v) is 12.9. The SMILES string of the molecule is CC(=O)N(C)Cc1nc2ccccc2n1Cc1ccccc1. The van der Waals surface area contributed by atoms with Crippen LogP contribution < -0.4 is 0 Å². The Morgan fingerprint density at radius 1 is 1.09 bits per heavy atom. The van der Waals surface area contributed by atoms with Gasteiger partial charge in [0.1, 0.15) is 5.82 Å². The van der Waals surface area contributed by atoms with E-state index in [-0.39, 0.29) is 5.91 Å². The van der Waals surface area contributed by atoms with Crippen molar-refractivity contribution in [3.8, 4) is 0 Å². The Kier molecular flexibility index (Phi) is 3.92. The Bertz CT molecular complexity index is 792. The van der Waals surface area contributed by atoms with Gasteiger partial charge in [0.05, 0.1) is 17.6 Å². The molecule has 4 nitrogen and oxygen atoms in total. The summed E-state index contributed by atoms with van der Waals surface area (Å²) in [6.45, 7) is 2.84. The fourth-order valence-corrected chi connectivity index (χ4v) is 2.51. The van der Waals surface area contributed by atoms with E-state index >= 15 is 0 Å². The lowest BCUT2D eigenvalue weighted by molar-refractivity contribution is -0.128. The third-order valence-corrected chi connectivity index (χ3v) is 3.83. The Labute approximate surface area is 130 Å². The number of amides is 1. The topological polar surface area (TPSA) is 38.1 Å². The van der Waals surface area contributed by atoms with Crippen molar-refractivity contribution in [2.75, 3.05) is 7.05 Å². The van der Waals surface area contributed by atoms with E-state index in [1.165, 1.54) is 5.56 Å². The Balaban J connectivity index is 2.03. The third-order valence-electron chi connectivity index (χ3n) is 3.83. The lowest BCUT2D eigenvalue weighted by Gasteiger charge is -2.16. The van der Waals surface area contributed by atoms with Crippen molar-refractivity contribution in [3.63, 3.8) is 0 Å². The summed E-state index contributed by atoms with van der Waals surface area (Å²) in [5.74, 6) is 0.945. The summed E-state index contributed by atoms with van der Waals surface area (Å²) < 4.78 is 2.18. The fraction of sp³-hybridized carbons (Fsp3) is 0.222. The van der Waals surface area contributed by atoms with Gasteiger partial charge in [-0.15, -0.1) is 0 Å². The van der Waals surface area contributed by atoms with Crippen molar-refractivity contribution >= 4 is 16.9 Å². The minimum Gasteiger partial charge on any atom is -0.339 e. The number of hydrogen-bond donors (Lipinski definition) is 0. The molecule has 3 rings (SSSR count). The molecule has 112 valence electrons. The molecule has 1 amide bonds. The molecule has 0 aliphatic heterocycles. The first kappa shape index (κ1) is 14.3. The highest BCUT2D eigenvalue weighted by atomic mass is 16.2. The van der Waals surface area contributed by atoms with Gasteiger partial charge < -0.3 is 9.47 Å². The van der Waals surface area contributed by atoms with Crippen LogP contribution in [0.4, 0.5) is 0 Å². The highest BCUT2D eigenvalue weighted by molar-refractivity contribution is 5.76. The predicted octanol–water partition coefficient (Wildman–Crippen LogP) is 3.06. The molecule has 1 aromatic heterocycles. The van der Waals surface area contributed by atoms with E-state index < -0.39 is 0 Å². The van der Waals surface area contributed by atoms with Crippen molar-refractivity contribution in [2.45, 2.75) is 20.0 Å². The van der Waals surface area contributed by atoms with Gasteiger partial charge in [0.15, 0.2) is 0 Å². The van der Waals surface area contributed by atoms with E-state index in [9.17, 15) is 4.79 Å². The Morgan fingerprint density at radius 3 is 2.50 bits per heavy atom. The molecule has 0 saturated carbocycles. The number of fused-ring (bicyclic) bond motifs is 1. The van der Waals surface area contributed by atoms with Crippen LogP contribution in [0.2, 0.25) is 0 Å². The molecule has 0 N–H and O–H groups in total. The number of carbonyl (C=O) groups excluding carboxylic acids is 1. The number of aromatic nitrogens is 2. The highest BCUT2D eigenvalue weighted by Crippen LogP contribution is 2.19. The Hall–Kier alpha value is -2.62. The van der Waals surface area contributed by atoms with Crippen molar-refractivity contribution in [3.05, 3.63) is 66.0 Å². The number of para-hydroxylation sites is 2. The summed E-state index contributed by atoms with van der Waals surface area (Å²) in [6, 6.07) is 18.4. The van der Waals surface area contributed by atoms with Crippen LogP contribution in [-0.4, -0.2) is 27.4 Å². The van der Waals surface area contributed by atoms with Crippen LogP contribution in [0.1, 0.15) is 18.3 Å². The molecule has 4 heteroatoms. The summed E-state index contributed by atoms with van der Waals surface area (Å²) in [7, 11) is 1.80. The predicted molar refractivity (Wildman–Crippen MR) is 87.4 cm³/mol. The summed E-state index contributed by atoms with van der Waals surface area (Å²) >= 11 is 0. The van der Waals surface area contributed by atoms with Crippen LogP contribution in [0.15, 0.2) is 54.6 Å². The van der Waals surface area contributed by atoms with Crippen molar-refractivity contribution in [1.29, 1.82) is 0 Å². The van der Waals surface area contributed by atoms with Gasteiger partial charge in [-0.05, 0) is 17.7 Å². The molecule has 0 spiro atoms. The molecule has 0 atom stereocenters. The van der Waals surface area contributed by atoms with Crippen LogP contribution in [0.3, 0.4) is 0 Å². The monoisotopic (exact) mass is 293 g/mol. The van der Waals surface area contributed by atoms with Gasteiger partial charge in [0.25, 0.3) is 0 Å². The van der Waals surface area contributed by atoms with Crippen molar-refractivity contribution in [1.82, 2.24) is 14.5 Å². The first-order valence-electron chi connectivity index (χ1n) is 7.35. The second-order valence-electron chi connectivity index (χ2n) is 5.46. The molecule has 0 unspecified atom stereocenters. The number of benzene rings is 2. The summed E-state index contributed by atoms with van der Waals surface area (Å²) in [4.78, 5) is 17.9. The maximum Gasteiger partial charge on any atom is 0.219 e. The quantitative estimate of drug-likeness (QED) is 0.741. The van der Waals surface area contributed by atoms with Crippen LogP contribution in [-0.2, 0) is 17.9 Å². The molecule has 2 aromatic carbocycles. The van der Waals surface area contributed by atoms with Gasteiger partial charge >= 0.3 is 0 Å². The zero-order valence-electron chi connectivity index (χ0n) is 12.9. The zero-order chi connectivity index (χ0) is 15.5. The number of carbonyl (C=O) groups is 1. The molecular formula is C18H19N3O. The third kappa shape index (κ3) is 2.86. The van der Waals surface area contributed by atoms with Gasteiger partial charge in [-0.1, -0.05) is 42.5 Å². The Morgan fingerprint density at radius 2 is 1.77 bits per heavy atom. The normalized spacial score (nSPS) is 10.8. The molecule has 22 heavy (non-hydrogen) atoms. The van der Waals surface area contributed by atoms with Crippen LogP contribution in [0, 0.1) is 0 Å². The molecule has 0 radical (unpaired) electrons. The molecule has 0 aliphatic carbocycles. The van der Waals surface area contributed by atoms with Crippen molar-refractivity contribution < 1.29 is 4.79 Å². The van der Waals surface area contributed by atoms with E-state index in [1.54, 1.807) is 18.9 Å². The largest absolute Gasteiger partial charge is 0.339 e. The fourth-order valence-electron chi connectivity index (χ4n) is 2.51. The lowest BCUT2D eigenvalue weighted by Crippen LogP contribution is -2.25. The number of hydrogen-bond acceptors (Lipinski definition) is 2. The van der Waals surface area contributed by atoms with E-state index in [0.717, 1.165) is 23.4 Å². The number of imidazole rings is 1. The molecule has 0 fully saturated rings. The highest BCUT2D eigenvalue weighted by Gasteiger charge is 2.13. The van der Waals surface area contributed by atoms with E-state index in [4.69, 9.17) is 4.98 Å². The minimum absolute atomic E-state index is 0.0401. The maximum absolute atomic E-state index is 11.5. The lowest BCUT2D eigenvalue weighted by atomic mass is 10.2. The summed E-state index contributed by atoms with van der Waals surface area (Å²) in [5.41, 5.74) is 3.28. The van der Waals surface area contributed by atoms with E-state index in [2.05, 4.69) is 22.8 Å². The van der Waals surface area contributed by atoms with Gasteiger partial charge in [0, 0.05) is 20.5 Å². The molecular weight excluding hydrogens is 274 g/mol. The first-order chi connectivity index (χ1) is 10.6.